The van der Waals surface area contributed by atoms with E-state index in [0.29, 0.717) is 15.3 Å². The first-order valence-electron chi connectivity index (χ1n) is 4.07. The molecule has 0 bridgehead atoms. The van der Waals surface area contributed by atoms with Crippen molar-refractivity contribution in [3.63, 3.8) is 0 Å². The van der Waals surface area contributed by atoms with Crippen LogP contribution in [0.4, 0.5) is 8.78 Å². The third-order valence-corrected chi connectivity index (χ3v) is 3.51. The maximum atomic E-state index is 12.7. The van der Waals surface area contributed by atoms with Gasteiger partial charge in [-0.1, -0.05) is 17.7 Å². The van der Waals surface area contributed by atoms with E-state index < -0.39 is 6.43 Å². The van der Waals surface area contributed by atoms with Crippen LogP contribution in [0.3, 0.4) is 0 Å². The van der Waals surface area contributed by atoms with Gasteiger partial charge in [0.15, 0.2) is 0 Å². The van der Waals surface area contributed by atoms with Gasteiger partial charge in [-0.2, -0.15) is 0 Å². The maximum absolute atomic E-state index is 12.7. The Morgan fingerprint density at radius 1 is 1.36 bits per heavy atom. The predicted molar refractivity (Wildman–Crippen MR) is 56.5 cm³/mol. The van der Waals surface area contributed by atoms with Gasteiger partial charge in [-0.3, -0.25) is 0 Å². The lowest BCUT2D eigenvalue weighted by atomic mass is 10.1. The lowest BCUT2D eigenvalue weighted by molar-refractivity contribution is 0.153. The largest absolute Gasteiger partial charge is 0.265 e. The van der Waals surface area contributed by atoms with Crippen molar-refractivity contribution in [2.75, 3.05) is 0 Å². The zero-order valence-corrected chi connectivity index (χ0v) is 8.92. The van der Waals surface area contributed by atoms with Crippen LogP contribution in [0.2, 0.25) is 5.02 Å². The first-order valence-corrected chi connectivity index (χ1v) is 5.26. The summed E-state index contributed by atoms with van der Waals surface area (Å²) in [7, 11) is 0. The van der Waals surface area contributed by atoms with Crippen LogP contribution < -0.4 is 0 Å². The third-order valence-electron chi connectivity index (χ3n) is 2.11. The van der Waals surface area contributed by atoms with Gasteiger partial charge in [-0.15, -0.1) is 11.3 Å². The summed E-state index contributed by atoms with van der Waals surface area (Å²) in [5.74, 6) is 0. The fourth-order valence-electron chi connectivity index (χ4n) is 1.51. The van der Waals surface area contributed by atoms with Gasteiger partial charge in [-0.05, 0) is 19.1 Å². The number of fused-ring (bicyclic) bond motifs is 1. The van der Waals surface area contributed by atoms with E-state index in [1.807, 2.05) is 6.07 Å². The van der Waals surface area contributed by atoms with E-state index in [1.165, 1.54) is 11.3 Å². The number of halogens is 3. The molecule has 0 aliphatic carbocycles. The fourth-order valence-corrected chi connectivity index (χ4v) is 2.94. The normalized spacial score (nSPS) is 11.5. The second-order valence-corrected chi connectivity index (χ2v) is 4.65. The summed E-state index contributed by atoms with van der Waals surface area (Å²) >= 11 is 7.25. The van der Waals surface area contributed by atoms with Crippen molar-refractivity contribution in [3.05, 3.63) is 33.7 Å². The Labute approximate surface area is 89.1 Å². The minimum Gasteiger partial charge on any atom is -0.205 e. The fraction of sp³-hybridized carbons (Fsp3) is 0.200. The van der Waals surface area contributed by atoms with Gasteiger partial charge in [0, 0.05) is 25.5 Å². The molecule has 1 aromatic heterocycles. The van der Waals surface area contributed by atoms with Gasteiger partial charge < -0.3 is 0 Å². The highest BCUT2D eigenvalue weighted by Gasteiger charge is 2.19. The second kappa shape index (κ2) is 3.48. The molecule has 0 aliphatic heterocycles. The van der Waals surface area contributed by atoms with Crippen molar-refractivity contribution in [3.8, 4) is 0 Å². The van der Waals surface area contributed by atoms with E-state index >= 15 is 0 Å². The molecular weight excluding hydrogens is 226 g/mol. The number of rotatable bonds is 1. The second-order valence-electron chi connectivity index (χ2n) is 2.99. The van der Waals surface area contributed by atoms with Crippen LogP contribution in [-0.2, 0) is 0 Å². The molecule has 1 heterocycles. The van der Waals surface area contributed by atoms with Crippen molar-refractivity contribution >= 4 is 33.0 Å². The Kier molecular flexibility index (Phi) is 2.45. The van der Waals surface area contributed by atoms with Crippen LogP contribution in [0.25, 0.3) is 10.1 Å². The number of hydrogen-bond donors (Lipinski definition) is 0. The van der Waals surface area contributed by atoms with Crippen LogP contribution >= 0.6 is 22.9 Å². The summed E-state index contributed by atoms with van der Waals surface area (Å²) < 4.78 is 26.3. The van der Waals surface area contributed by atoms with E-state index in [4.69, 9.17) is 11.6 Å². The first kappa shape index (κ1) is 9.87. The summed E-state index contributed by atoms with van der Waals surface area (Å²) in [6, 6.07) is 5.22. The van der Waals surface area contributed by atoms with Gasteiger partial charge in [0.1, 0.15) is 0 Å². The Morgan fingerprint density at radius 3 is 2.71 bits per heavy atom. The maximum Gasteiger partial charge on any atom is 0.265 e. The van der Waals surface area contributed by atoms with E-state index in [2.05, 4.69) is 0 Å². The summed E-state index contributed by atoms with van der Waals surface area (Å²) in [5, 5.41) is 0.911. The van der Waals surface area contributed by atoms with Crippen molar-refractivity contribution in [2.45, 2.75) is 13.3 Å². The zero-order valence-electron chi connectivity index (χ0n) is 7.35. The molecule has 74 valence electrons. The Balaban J connectivity index is 2.86. The average molecular weight is 233 g/mol. The molecule has 0 aliphatic rings. The van der Waals surface area contributed by atoms with Crippen molar-refractivity contribution < 1.29 is 8.78 Å². The molecule has 14 heavy (non-hydrogen) atoms. The topological polar surface area (TPSA) is 0 Å². The molecule has 0 unspecified atom stereocenters. The molecule has 0 saturated carbocycles. The van der Waals surface area contributed by atoms with E-state index in [1.54, 1.807) is 19.1 Å². The zero-order chi connectivity index (χ0) is 10.3. The van der Waals surface area contributed by atoms with Gasteiger partial charge >= 0.3 is 0 Å². The van der Waals surface area contributed by atoms with Crippen LogP contribution in [0.5, 0.6) is 0 Å². The smallest absolute Gasteiger partial charge is 0.205 e. The van der Waals surface area contributed by atoms with E-state index in [-0.39, 0.29) is 5.56 Å². The lowest BCUT2D eigenvalue weighted by Gasteiger charge is -2.00. The third kappa shape index (κ3) is 1.41. The summed E-state index contributed by atoms with van der Waals surface area (Å²) in [4.78, 5) is 0.642. The number of aryl methyl sites for hydroxylation is 1. The number of alkyl halides is 2. The number of hydrogen-bond acceptors (Lipinski definition) is 1. The molecule has 0 N–H and O–H groups in total. The Hall–Kier alpha value is -0.670. The molecule has 0 saturated heterocycles. The van der Waals surface area contributed by atoms with E-state index in [9.17, 15) is 8.78 Å². The lowest BCUT2D eigenvalue weighted by Crippen LogP contribution is -1.84. The molecule has 0 radical (unpaired) electrons. The molecule has 2 rings (SSSR count). The molecule has 0 spiro atoms. The molecule has 0 amide bonds. The molecule has 1 aromatic carbocycles. The average Bonchev–Trinajstić information content (AvgIpc) is 2.42. The van der Waals surface area contributed by atoms with Gasteiger partial charge in [0.2, 0.25) is 0 Å². The molecule has 0 nitrogen and oxygen atoms in total. The molecule has 2 aromatic rings. The van der Waals surface area contributed by atoms with Crippen molar-refractivity contribution in [1.82, 2.24) is 0 Å². The minimum atomic E-state index is -2.45. The highest BCUT2D eigenvalue weighted by atomic mass is 35.5. The molecule has 0 atom stereocenters. The van der Waals surface area contributed by atoms with Crippen LogP contribution in [0, 0.1) is 6.92 Å². The molecular formula is C10H7ClF2S. The van der Waals surface area contributed by atoms with Crippen LogP contribution in [0.15, 0.2) is 18.2 Å². The highest BCUT2D eigenvalue weighted by Crippen LogP contribution is 2.40. The van der Waals surface area contributed by atoms with Gasteiger partial charge in [0.25, 0.3) is 6.43 Å². The van der Waals surface area contributed by atoms with Crippen molar-refractivity contribution in [2.24, 2.45) is 0 Å². The summed E-state index contributed by atoms with van der Waals surface area (Å²) in [5.41, 5.74) is 0.0793. The predicted octanol–water partition coefficient (Wildman–Crippen LogP) is 4.80. The van der Waals surface area contributed by atoms with Crippen LogP contribution in [0.1, 0.15) is 16.9 Å². The summed E-state index contributed by atoms with van der Waals surface area (Å²) in [6.45, 7) is 1.70. The highest BCUT2D eigenvalue weighted by molar-refractivity contribution is 7.19. The Morgan fingerprint density at radius 2 is 2.07 bits per heavy atom. The van der Waals surface area contributed by atoms with Gasteiger partial charge in [0.05, 0.1) is 0 Å². The monoisotopic (exact) mass is 232 g/mol. The SMILES string of the molecule is Cc1sc2cccc(Cl)c2c1C(F)F. The summed E-state index contributed by atoms with van der Waals surface area (Å²) in [6.07, 6.45) is -2.45. The Bertz CT molecular complexity index is 476. The molecule has 4 heteroatoms. The number of benzene rings is 1. The van der Waals surface area contributed by atoms with E-state index in [0.717, 1.165) is 4.70 Å². The first-order chi connectivity index (χ1) is 6.61. The van der Waals surface area contributed by atoms with Crippen LogP contribution in [-0.4, -0.2) is 0 Å². The quantitative estimate of drug-likeness (QED) is 0.663. The molecule has 0 fully saturated rings. The van der Waals surface area contributed by atoms with Gasteiger partial charge in [-0.25, -0.2) is 8.78 Å². The minimum absolute atomic E-state index is 0.0793. The number of thiophene rings is 1. The standard InChI is InChI=1S/C10H7ClF2S/c1-5-8(10(12)13)9-6(11)3-2-4-7(9)14-5/h2-4,10H,1H3. The van der Waals surface area contributed by atoms with Crippen molar-refractivity contribution in [1.29, 1.82) is 0 Å².